The molecule has 0 radical (unpaired) electrons. The molecule has 0 amide bonds. The second kappa shape index (κ2) is 12.2. The van der Waals surface area contributed by atoms with Crippen LogP contribution >= 0.6 is 0 Å². The fourth-order valence-electron chi connectivity index (χ4n) is 8.52. The maximum atomic E-state index is 5.26. The highest BCUT2D eigenvalue weighted by molar-refractivity contribution is 5.91. The second-order valence-corrected chi connectivity index (χ2v) is 14.8. The van der Waals surface area contributed by atoms with Gasteiger partial charge in [-0.2, -0.15) is 10.2 Å². The van der Waals surface area contributed by atoms with Crippen molar-refractivity contribution in [2.24, 2.45) is 0 Å². The molecule has 13 nitrogen and oxygen atoms in total. The van der Waals surface area contributed by atoms with Gasteiger partial charge in [-0.3, -0.25) is 15.0 Å². The van der Waals surface area contributed by atoms with Crippen LogP contribution < -0.4 is 0 Å². The lowest BCUT2D eigenvalue weighted by Gasteiger charge is -2.27. The van der Waals surface area contributed by atoms with E-state index >= 15 is 0 Å². The number of aromatic nitrogens is 13. The lowest BCUT2D eigenvalue weighted by molar-refractivity contribution is 0.593. The van der Waals surface area contributed by atoms with Gasteiger partial charge in [-0.05, 0) is 109 Å². The van der Waals surface area contributed by atoms with Crippen LogP contribution in [0.25, 0.3) is 33.5 Å². The molecule has 13 heteroatoms. The third kappa shape index (κ3) is 5.01. The van der Waals surface area contributed by atoms with E-state index < -0.39 is 0 Å². The highest BCUT2D eigenvalue weighted by Crippen LogP contribution is 2.39. The first-order valence-corrected chi connectivity index (χ1v) is 18.8. The van der Waals surface area contributed by atoms with Crippen LogP contribution in [0.5, 0.6) is 0 Å². The van der Waals surface area contributed by atoms with Crippen LogP contribution in [-0.2, 0) is 32.1 Å². The summed E-state index contributed by atoms with van der Waals surface area (Å²) in [6.07, 6.45) is 13.9. The molecule has 1 aliphatic carbocycles. The first kappa shape index (κ1) is 32.5. The van der Waals surface area contributed by atoms with Gasteiger partial charge >= 0.3 is 0 Å². The molecule has 0 saturated carbocycles. The van der Waals surface area contributed by atoms with Gasteiger partial charge in [-0.15, -0.1) is 0 Å². The molecule has 0 bridgehead atoms. The Morgan fingerprint density at radius 2 is 1.33 bits per heavy atom. The molecule has 1 atom stereocenters. The molecule has 0 aromatic carbocycles. The number of aryl methyl sites for hydroxylation is 11. The molecule has 1 unspecified atom stereocenters. The van der Waals surface area contributed by atoms with E-state index in [1.54, 1.807) is 0 Å². The Morgan fingerprint density at radius 3 is 2.09 bits per heavy atom. The minimum Gasteiger partial charge on any atom is -0.304 e. The van der Waals surface area contributed by atoms with Gasteiger partial charge in [-0.1, -0.05) is 0 Å². The minimum absolute atomic E-state index is 0.155. The number of fused-ring (bicyclic) bond motifs is 8. The molecule has 0 saturated heterocycles. The van der Waals surface area contributed by atoms with Crippen LogP contribution in [0.15, 0.2) is 49.1 Å². The van der Waals surface area contributed by atoms with Crippen molar-refractivity contribution in [2.45, 2.75) is 92.4 Å². The number of imidazole rings is 2. The summed E-state index contributed by atoms with van der Waals surface area (Å²) in [5.74, 6) is 1.77. The van der Waals surface area contributed by atoms with Crippen LogP contribution in [0.3, 0.4) is 0 Å². The maximum Gasteiger partial charge on any atom is 0.177 e. The summed E-state index contributed by atoms with van der Waals surface area (Å²) in [5, 5.41) is 10.9. The number of hydrogen-bond donors (Lipinski definition) is 0. The van der Waals surface area contributed by atoms with Crippen molar-refractivity contribution >= 4 is 33.5 Å². The molecule has 1 aliphatic rings. The molecule has 9 aromatic rings. The molecule has 9 aromatic heterocycles. The van der Waals surface area contributed by atoms with E-state index in [4.69, 9.17) is 35.1 Å². The lowest BCUT2D eigenvalue weighted by atomic mass is 9.81. The Balaban J connectivity index is 0.936. The standard InChI is InChI=1S/C41H41N13/c1-22-21-43-23(2)38-47-35(49-53(22)38)14-12-32-25(4)51-19-16-28-29(9-7-10-30(28)40(51)45-32)37-27(6)54-39(24(3)44-37)48-36(50-54)15-13-33-26(5)52-20-17-34-31(41(52)46-33)11-8-18-42-34/h8,11,16-21,29H,7,9-10,12-15H2,1-6H3. The van der Waals surface area contributed by atoms with E-state index in [9.17, 15) is 0 Å². The summed E-state index contributed by atoms with van der Waals surface area (Å²) in [6, 6.07) is 8.38. The van der Waals surface area contributed by atoms with Crippen molar-refractivity contribution < 1.29 is 0 Å². The molecule has 0 aliphatic heterocycles. The Morgan fingerprint density at radius 1 is 0.648 bits per heavy atom. The van der Waals surface area contributed by atoms with E-state index in [0.717, 1.165) is 123 Å². The van der Waals surface area contributed by atoms with E-state index in [0.29, 0.717) is 12.8 Å². The molecule has 0 spiro atoms. The van der Waals surface area contributed by atoms with Gasteiger partial charge < -0.3 is 8.80 Å². The summed E-state index contributed by atoms with van der Waals surface area (Å²) in [4.78, 5) is 34.3. The normalized spacial score (nSPS) is 14.7. The molecular formula is C41H41N13. The predicted octanol–water partition coefficient (Wildman–Crippen LogP) is 6.29. The van der Waals surface area contributed by atoms with Crippen LogP contribution in [0.2, 0.25) is 0 Å². The zero-order valence-electron chi connectivity index (χ0n) is 31.5. The van der Waals surface area contributed by atoms with Crippen LogP contribution in [0.4, 0.5) is 0 Å². The first-order chi connectivity index (χ1) is 26.2. The fourth-order valence-corrected chi connectivity index (χ4v) is 8.52. The molecule has 0 N–H and O–H groups in total. The molecule has 9 heterocycles. The predicted molar refractivity (Wildman–Crippen MR) is 205 cm³/mol. The Kier molecular flexibility index (Phi) is 7.36. The van der Waals surface area contributed by atoms with Crippen molar-refractivity contribution in [2.75, 3.05) is 0 Å². The number of nitrogens with zero attached hydrogens (tertiary/aromatic N) is 13. The van der Waals surface area contributed by atoms with Crippen LogP contribution in [0.1, 0.15) is 92.8 Å². The topological polar surface area (TPSA) is 134 Å². The van der Waals surface area contributed by atoms with Gasteiger partial charge in [0.25, 0.3) is 0 Å². The Labute approximate surface area is 311 Å². The van der Waals surface area contributed by atoms with E-state index in [1.165, 1.54) is 16.8 Å². The monoisotopic (exact) mass is 715 g/mol. The zero-order valence-corrected chi connectivity index (χ0v) is 31.5. The fraction of sp³-hybridized carbons (Fsp3) is 0.341. The summed E-state index contributed by atoms with van der Waals surface area (Å²) in [6.45, 7) is 12.5. The average molecular weight is 716 g/mol. The molecular weight excluding hydrogens is 675 g/mol. The van der Waals surface area contributed by atoms with Gasteiger partial charge in [0.05, 0.1) is 45.4 Å². The first-order valence-electron chi connectivity index (χ1n) is 18.8. The SMILES string of the molecule is Cc1ncc(C)n2nc(CCc3nc4c5c(ccn4c3C)C(c3nc(C)c4nc(CCc6nc7c8cccnc8ccn7c6C)nn4c3C)CCC5)nc12. The highest BCUT2D eigenvalue weighted by atomic mass is 15.3. The maximum absolute atomic E-state index is 5.26. The summed E-state index contributed by atoms with van der Waals surface area (Å²) >= 11 is 0. The van der Waals surface area contributed by atoms with Gasteiger partial charge in [0.1, 0.15) is 11.3 Å². The quantitative estimate of drug-likeness (QED) is 0.187. The summed E-state index contributed by atoms with van der Waals surface area (Å²) in [5.41, 5.74) is 16.5. The Hall–Kier alpha value is -6.11. The minimum atomic E-state index is 0.155. The molecule has 270 valence electrons. The van der Waals surface area contributed by atoms with Gasteiger partial charge in [0.15, 0.2) is 22.9 Å². The van der Waals surface area contributed by atoms with Crippen molar-refractivity contribution in [1.29, 1.82) is 0 Å². The van der Waals surface area contributed by atoms with Crippen molar-refractivity contribution in [1.82, 2.24) is 62.9 Å². The van der Waals surface area contributed by atoms with Gasteiger partial charge in [0, 0.05) is 60.3 Å². The van der Waals surface area contributed by atoms with Crippen molar-refractivity contribution in [3.63, 3.8) is 0 Å². The smallest absolute Gasteiger partial charge is 0.177 e. The van der Waals surface area contributed by atoms with E-state index in [2.05, 4.69) is 71.0 Å². The third-order valence-corrected chi connectivity index (χ3v) is 11.5. The third-order valence-electron chi connectivity index (χ3n) is 11.5. The van der Waals surface area contributed by atoms with E-state index in [1.807, 2.05) is 47.4 Å². The average Bonchev–Trinajstić information content (AvgIpc) is 3.97. The number of hydrogen-bond acceptors (Lipinski definition) is 9. The van der Waals surface area contributed by atoms with Crippen molar-refractivity contribution in [3.05, 3.63) is 123 Å². The lowest BCUT2D eigenvalue weighted by Crippen LogP contribution is -2.17. The van der Waals surface area contributed by atoms with Crippen LogP contribution in [0, 0.1) is 41.5 Å². The van der Waals surface area contributed by atoms with E-state index in [-0.39, 0.29) is 5.92 Å². The molecule has 10 rings (SSSR count). The zero-order chi connectivity index (χ0) is 36.8. The number of pyridine rings is 3. The highest BCUT2D eigenvalue weighted by Gasteiger charge is 2.29. The van der Waals surface area contributed by atoms with Gasteiger partial charge in [0.2, 0.25) is 0 Å². The number of rotatable bonds is 7. The molecule has 54 heavy (non-hydrogen) atoms. The van der Waals surface area contributed by atoms with Gasteiger partial charge in [-0.25, -0.2) is 29.0 Å². The summed E-state index contributed by atoms with van der Waals surface area (Å²) in [7, 11) is 0. The van der Waals surface area contributed by atoms with Crippen molar-refractivity contribution in [3.8, 4) is 0 Å². The van der Waals surface area contributed by atoms with Crippen LogP contribution in [-0.4, -0.2) is 62.9 Å². The second-order valence-electron chi connectivity index (χ2n) is 14.8. The summed E-state index contributed by atoms with van der Waals surface area (Å²) < 4.78 is 8.32. The Bertz CT molecular complexity index is 2920. The molecule has 0 fully saturated rings. The largest absolute Gasteiger partial charge is 0.304 e.